The Morgan fingerprint density at radius 3 is 2.47 bits per heavy atom. The summed E-state index contributed by atoms with van der Waals surface area (Å²) in [7, 11) is 1.91. The SMILES string of the molecule is CCO/C1=C(OCC)/C=C\C=C/C=C\[B]1. The van der Waals surface area contributed by atoms with Crippen molar-refractivity contribution in [2.75, 3.05) is 13.2 Å². The van der Waals surface area contributed by atoms with Gasteiger partial charge in [0.25, 0.3) is 0 Å². The molecule has 1 radical (unpaired) electrons. The predicted molar refractivity (Wildman–Crippen MR) is 63.5 cm³/mol. The maximum Gasteiger partial charge on any atom is 0.235 e. The van der Waals surface area contributed by atoms with Gasteiger partial charge in [0, 0.05) is 0 Å². The minimum atomic E-state index is 0.636. The lowest BCUT2D eigenvalue weighted by Gasteiger charge is -2.11. The maximum atomic E-state index is 5.51. The molecule has 1 aliphatic rings. The smallest absolute Gasteiger partial charge is 0.235 e. The second-order valence-corrected chi connectivity index (χ2v) is 2.89. The van der Waals surface area contributed by atoms with E-state index < -0.39 is 0 Å². The normalized spacial score (nSPS) is 26.5. The summed E-state index contributed by atoms with van der Waals surface area (Å²) in [6.45, 7) is 5.19. The van der Waals surface area contributed by atoms with Crippen LogP contribution in [0.1, 0.15) is 13.8 Å². The van der Waals surface area contributed by atoms with Crippen molar-refractivity contribution >= 4 is 7.28 Å². The molecule has 1 rings (SSSR count). The van der Waals surface area contributed by atoms with Crippen molar-refractivity contribution in [3.05, 3.63) is 47.8 Å². The quantitative estimate of drug-likeness (QED) is 0.653. The lowest BCUT2D eigenvalue weighted by Crippen LogP contribution is -2.05. The Balaban J connectivity index is 2.88. The third kappa shape index (κ3) is 4.11. The second-order valence-electron chi connectivity index (χ2n) is 2.89. The van der Waals surface area contributed by atoms with Gasteiger partial charge in [0.2, 0.25) is 7.28 Å². The zero-order valence-electron chi connectivity index (χ0n) is 9.27. The molecule has 0 amide bonds. The van der Waals surface area contributed by atoms with Crippen molar-refractivity contribution in [3.8, 4) is 0 Å². The van der Waals surface area contributed by atoms with E-state index >= 15 is 0 Å². The van der Waals surface area contributed by atoms with Crippen LogP contribution in [0.3, 0.4) is 0 Å². The minimum Gasteiger partial charge on any atom is -0.505 e. The van der Waals surface area contributed by atoms with E-state index in [4.69, 9.17) is 9.47 Å². The molecule has 1 aliphatic heterocycles. The first-order valence-electron chi connectivity index (χ1n) is 5.23. The summed E-state index contributed by atoms with van der Waals surface area (Å²) in [5, 5.41) is 0. The van der Waals surface area contributed by atoms with E-state index in [2.05, 4.69) is 0 Å². The van der Waals surface area contributed by atoms with Gasteiger partial charge in [0.05, 0.1) is 18.9 Å². The third-order valence-corrected chi connectivity index (χ3v) is 1.78. The molecule has 0 aromatic rings. The van der Waals surface area contributed by atoms with Crippen LogP contribution in [0.4, 0.5) is 0 Å². The molecule has 0 aromatic carbocycles. The van der Waals surface area contributed by atoms with Gasteiger partial charge in [0.1, 0.15) is 5.76 Å². The summed E-state index contributed by atoms with van der Waals surface area (Å²) >= 11 is 0. The van der Waals surface area contributed by atoms with Crippen LogP contribution in [0.5, 0.6) is 0 Å². The Hall–Kier alpha value is -1.38. The molecule has 0 atom stereocenters. The molecule has 1 heterocycles. The van der Waals surface area contributed by atoms with Gasteiger partial charge in [-0.3, -0.25) is 0 Å². The number of allylic oxidation sites excluding steroid dienone is 5. The number of hydrogen-bond donors (Lipinski definition) is 0. The largest absolute Gasteiger partial charge is 0.505 e. The Morgan fingerprint density at radius 1 is 1.00 bits per heavy atom. The minimum absolute atomic E-state index is 0.636. The molecule has 79 valence electrons. The Kier molecular flexibility index (Phi) is 5.45. The first-order chi connectivity index (χ1) is 7.38. The number of ether oxygens (including phenoxy) is 2. The molecule has 0 unspecified atom stereocenters. The highest BCUT2D eigenvalue weighted by Gasteiger charge is 2.06. The molecular weight excluding hydrogens is 187 g/mol. The van der Waals surface area contributed by atoms with Gasteiger partial charge in [-0.15, -0.1) is 5.98 Å². The van der Waals surface area contributed by atoms with E-state index in [1.165, 1.54) is 0 Å². The molecule has 0 bridgehead atoms. The van der Waals surface area contributed by atoms with E-state index in [0.29, 0.717) is 13.2 Å². The first kappa shape index (κ1) is 11.7. The van der Waals surface area contributed by atoms with E-state index in [9.17, 15) is 0 Å². The maximum absolute atomic E-state index is 5.51. The van der Waals surface area contributed by atoms with Crippen molar-refractivity contribution in [1.29, 1.82) is 0 Å². The zero-order chi connectivity index (χ0) is 10.9. The van der Waals surface area contributed by atoms with Gasteiger partial charge in [-0.1, -0.05) is 24.3 Å². The molecular formula is C12H16BO2. The monoisotopic (exact) mass is 203 g/mol. The molecule has 0 saturated heterocycles. The highest BCUT2D eigenvalue weighted by atomic mass is 16.5. The molecule has 0 spiro atoms. The Morgan fingerprint density at radius 2 is 1.73 bits per heavy atom. The summed E-state index contributed by atoms with van der Waals surface area (Å²) in [5.41, 5.74) is 0.774. The second kappa shape index (κ2) is 6.99. The van der Waals surface area contributed by atoms with Crippen LogP contribution in [0.2, 0.25) is 0 Å². The van der Waals surface area contributed by atoms with Crippen molar-refractivity contribution in [2.45, 2.75) is 13.8 Å². The van der Waals surface area contributed by atoms with Crippen LogP contribution in [0.25, 0.3) is 0 Å². The predicted octanol–water partition coefficient (Wildman–Crippen LogP) is 2.57. The average Bonchev–Trinajstić information content (AvgIpc) is 2.34. The van der Waals surface area contributed by atoms with Crippen LogP contribution in [-0.2, 0) is 9.47 Å². The molecule has 0 aliphatic carbocycles. The summed E-state index contributed by atoms with van der Waals surface area (Å²) in [6.07, 6.45) is 9.73. The summed E-state index contributed by atoms with van der Waals surface area (Å²) in [5.74, 6) is 2.71. The van der Waals surface area contributed by atoms with Gasteiger partial charge >= 0.3 is 0 Å². The first-order valence-corrected chi connectivity index (χ1v) is 5.23. The number of rotatable bonds is 4. The molecule has 0 aromatic heterocycles. The topological polar surface area (TPSA) is 18.5 Å². The summed E-state index contributed by atoms with van der Waals surface area (Å²) < 4.78 is 11.0. The van der Waals surface area contributed by atoms with E-state index in [0.717, 1.165) is 11.4 Å². The van der Waals surface area contributed by atoms with Crippen LogP contribution >= 0.6 is 0 Å². The van der Waals surface area contributed by atoms with Crippen LogP contribution in [0.15, 0.2) is 47.8 Å². The van der Waals surface area contributed by atoms with Crippen LogP contribution in [0, 0.1) is 0 Å². The highest BCUT2D eigenvalue weighted by Crippen LogP contribution is 2.10. The van der Waals surface area contributed by atoms with Crippen molar-refractivity contribution in [2.24, 2.45) is 0 Å². The van der Waals surface area contributed by atoms with Crippen molar-refractivity contribution in [1.82, 2.24) is 0 Å². The Labute approximate surface area is 92.2 Å². The standard InChI is InChI=1S/C12H16BO2/c1-3-14-11-9-7-5-6-8-10-13-12(11)15-4-2/h5-10H,3-4H2,1-2H3/b6-5-,9-7-,10-8-,12-11-. The van der Waals surface area contributed by atoms with Crippen LogP contribution < -0.4 is 0 Å². The van der Waals surface area contributed by atoms with Gasteiger partial charge in [-0.05, 0) is 19.9 Å². The van der Waals surface area contributed by atoms with E-state index in [1.54, 1.807) is 0 Å². The average molecular weight is 203 g/mol. The van der Waals surface area contributed by atoms with Gasteiger partial charge < -0.3 is 9.47 Å². The molecule has 0 saturated carbocycles. The molecule has 3 heteroatoms. The fourth-order valence-corrected chi connectivity index (χ4v) is 1.19. The fraction of sp³-hybridized carbons (Fsp3) is 0.333. The van der Waals surface area contributed by atoms with Gasteiger partial charge in [0.15, 0.2) is 0 Å². The molecule has 2 nitrogen and oxygen atoms in total. The highest BCUT2D eigenvalue weighted by molar-refractivity contribution is 6.50. The Bertz CT molecular complexity index is 301. The zero-order valence-corrected chi connectivity index (χ0v) is 9.27. The molecule has 15 heavy (non-hydrogen) atoms. The number of hydrogen-bond acceptors (Lipinski definition) is 2. The van der Waals surface area contributed by atoms with Crippen molar-refractivity contribution < 1.29 is 9.47 Å². The lowest BCUT2D eigenvalue weighted by atomic mass is 9.75. The van der Waals surface area contributed by atoms with Gasteiger partial charge in [-0.25, -0.2) is 0 Å². The van der Waals surface area contributed by atoms with Crippen molar-refractivity contribution in [3.63, 3.8) is 0 Å². The summed E-state index contributed by atoms with van der Waals surface area (Å²) in [4.78, 5) is 0. The van der Waals surface area contributed by atoms with E-state index in [1.807, 2.05) is 57.5 Å². The fourth-order valence-electron chi connectivity index (χ4n) is 1.19. The van der Waals surface area contributed by atoms with Gasteiger partial charge in [-0.2, -0.15) is 0 Å². The lowest BCUT2D eigenvalue weighted by molar-refractivity contribution is 0.192. The van der Waals surface area contributed by atoms with E-state index in [-0.39, 0.29) is 0 Å². The molecule has 0 fully saturated rings. The summed E-state index contributed by atoms with van der Waals surface area (Å²) in [6, 6.07) is 0. The third-order valence-electron chi connectivity index (χ3n) is 1.78. The molecule has 0 N–H and O–H groups in total. The van der Waals surface area contributed by atoms with Crippen LogP contribution in [-0.4, -0.2) is 20.5 Å².